The van der Waals surface area contributed by atoms with Crippen LogP contribution in [0.2, 0.25) is 10.2 Å². The summed E-state index contributed by atoms with van der Waals surface area (Å²) in [6.07, 6.45) is 3.20. The average molecular weight is 588 g/mol. The molecule has 1 atom stereocenters. The maximum absolute atomic E-state index is 13.5. The number of likely N-dealkylation sites (tertiary alicyclic amines) is 2. The van der Waals surface area contributed by atoms with E-state index in [1.54, 1.807) is 4.90 Å². The van der Waals surface area contributed by atoms with Gasteiger partial charge in [0.25, 0.3) is 5.91 Å². The molecule has 5 rings (SSSR count). The standard InChI is InChI=1S/C28H36Cl2N8O2/c1-6-23(39)37-13-16(14-37)32-27(40)24-25(30)33-22(38(24)17-8-7-9-36(5)15-17)12-31-26-18-10-19(28(2,3)4)20(29)11-21(18)34-35-26/h6,10-11,16-17H,1,7-9,12-15H2,2-5H3,(H,32,40)(H2,31,34,35). The lowest BCUT2D eigenvalue weighted by Gasteiger charge is -2.39. The highest BCUT2D eigenvalue weighted by Gasteiger charge is 2.34. The molecular formula is C28H36Cl2N8O2. The molecule has 0 aliphatic carbocycles. The molecule has 0 saturated carbocycles. The van der Waals surface area contributed by atoms with E-state index in [-0.39, 0.29) is 34.5 Å². The first kappa shape index (κ1) is 28.4. The molecule has 2 aliphatic heterocycles. The predicted octanol–water partition coefficient (Wildman–Crippen LogP) is 4.37. The van der Waals surface area contributed by atoms with Crippen molar-refractivity contribution in [3.63, 3.8) is 0 Å². The minimum atomic E-state index is -0.289. The zero-order valence-corrected chi connectivity index (χ0v) is 24.9. The van der Waals surface area contributed by atoms with Gasteiger partial charge in [-0.05, 0) is 55.6 Å². The van der Waals surface area contributed by atoms with E-state index in [9.17, 15) is 9.59 Å². The van der Waals surface area contributed by atoms with Gasteiger partial charge in [-0.15, -0.1) is 0 Å². The molecule has 2 amide bonds. The van der Waals surface area contributed by atoms with Crippen LogP contribution in [0, 0.1) is 0 Å². The Hall–Kier alpha value is -3.08. The predicted molar refractivity (Wildman–Crippen MR) is 158 cm³/mol. The zero-order chi connectivity index (χ0) is 28.8. The average Bonchev–Trinajstić information content (AvgIpc) is 3.42. The Labute approximate surface area is 244 Å². The van der Waals surface area contributed by atoms with Gasteiger partial charge >= 0.3 is 0 Å². The van der Waals surface area contributed by atoms with Gasteiger partial charge < -0.3 is 25.0 Å². The van der Waals surface area contributed by atoms with Crippen molar-refractivity contribution in [1.29, 1.82) is 0 Å². The summed E-state index contributed by atoms with van der Waals surface area (Å²) in [7, 11) is 2.08. The molecule has 10 nitrogen and oxygen atoms in total. The second-order valence-corrected chi connectivity index (χ2v) is 12.5. The molecule has 3 N–H and O–H groups in total. The summed E-state index contributed by atoms with van der Waals surface area (Å²) in [4.78, 5) is 33.8. The van der Waals surface area contributed by atoms with Gasteiger partial charge in [0.1, 0.15) is 11.5 Å². The van der Waals surface area contributed by atoms with Crippen molar-refractivity contribution in [2.45, 2.75) is 57.7 Å². The zero-order valence-electron chi connectivity index (χ0n) is 23.4. The van der Waals surface area contributed by atoms with Crippen LogP contribution in [0.15, 0.2) is 24.8 Å². The van der Waals surface area contributed by atoms with Gasteiger partial charge in [-0.2, -0.15) is 5.10 Å². The van der Waals surface area contributed by atoms with Crippen molar-refractivity contribution in [3.8, 4) is 0 Å². The molecule has 1 aromatic carbocycles. The van der Waals surface area contributed by atoms with E-state index in [2.05, 4.69) is 71.2 Å². The number of carbonyl (C=O) groups is 2. The molecule has 40 heavy (non-hydrogen) atoms. The van der Waals surface area contributed by atoms with Crippen molar-refractivity contribution in [1.82, 2.24) is 34.9 Å². The topological polar surface area (TPSA) is 111 Å². The lowest BCUT2D eigenvalue weighted by Crippen LogP contribution is -2.60. The van der Waals surface area contributed by atoms with E-state index in [4.69, 9.17) is 23.2 Å². The Kier molecular flexibility index (Phi) is 7.87. The van der Waals surface area contributed by atoms with Gasteiger partial charge in [0.05, 0.1) is 18.1 Å². The van der Waals surface area contributed by atoms with E-state index in [0.29, 0.717) is 42.0 Å². The summed E-state index contributed by atoms with van der Waals surface area (Å²) in [5.41, 5.74) is 2.08. The number of aromatic nitrogens is 4. The normalized spacial score (nSPS) is 18.6. The molecule has 2 fully saturated rings. The maximum atomic E-state index is 13.5. The second kappa shape index (κ2) is 11.1. The van der Waals surface area contributed by atoms with E-state index < -0.39 is 0 Å². The number of halogens is 2. The summed E-state index contributed by atoms with van der Waals surface area (Å²) in [6, 6.07) is 3.86. The van der Waals surface area contributed by atoms with E-state index in [0.717, 1.165) is 42.4 Å². The number of amides is 2. The van der Waals surface area contributed by atoms with Crippen LogP contribution in [0.4, 0.5) is 5.82 Å². The Balaban J connectivity index is 1.42. The number of H-pyrrole nitrogens is 1. The lowest BCUT2D eigenvalue weighted by molar-refractivity contribution is -0.130. The number of fused-ring (bicyclic) bond motifs is 1. The van der Waals surface area contributed by atoms with Crippen LogP contribution in [-0.4, -0.2) is 80.6 Å². The summed E-state index contributed by atoms with van der Waals surface area (Å²) >= 11 is 13.2. The van der Waals surface area contributed by atoms with Crippen LogP contribution < -0.4 is 10.6 Å². The number of imidazole rings is 1. The van der Waals surface area contributed by atoms with Gasteiger partial charge in [-0.1, -0.05) is 50.6 Å². The Morgan fingerprint density at radius 3 is 2.65 bits per heavy atom. The summed E-state index contributed by atoms with van der Waals surface area (Å²) in [6.45, 7) is 12.9. The van der Waals surface area contributed by atoms with Gasteiger partial charge in [0, 0.05) is 36.1 Å². The molecule has 214 valence electrons. The van der Waals surface area contributed by atoms with E-state index >= 15 is 0 Å². The molecule has 2 aliphatic rings. The summed E-state index contributed by atoms with van der Waals surface area (Å²) in [5, 5.41) is 15.8. The minimum absolute atomic E-state index is 0.0405. The number of hydrogen-bond acceptors (Lipinski definition) is 6. The third-order valence-corrected chi connectivity index (χ3v) is 8.27. The van der Waals surface area contributed by atoms with Crippen LogP contribution in [0.5, 0.6) is 0 Å². The number of piperidine rings is 1. The number of aromatic amines is 1. The fourth-order valence-corrected chi connectivity index (χ4v) is 6.28. The molecule has 12 heteroatoms. The van der Waals surface area contributed by atoms with Crippen molar-refractivity contribution in [2.24, 2.45) is 0 Å². The Bertz CT molecular complexity index is 1450. The SMILES string of the molecule is C=CC(=O)N1CC(NC(=O)c2c(Cl)nc(CNc3n[nH]c4cc(Cl)c(C(C)(C)C)cc34)n2C2CCCN(C)C2)C1. The Morgan fingerprint density at radius 1 is 1.23 bits per heavy atom. The quantitative estimate of drug-likeness (QED) is 0.354. The third-order valence-electron chi connectivity index (χ3n) is 7.70. The van der Waals surface area contributed by atoms with Crippen LogP contribution in [-0.2, 0) is 16.8 Å². The minimum Gasteiger partial charge on any atom is -0.361 e. The van der Waals surface area contributed by atoms with Crippen molar-refractivity contribution in [2.75, 3.05) is 38.5 Å². The first-order valence-electron chi connectivity index (χ1n) is 13.6. The van der Waals surface area contributed by atoms with Gasteiger partial charge in [0.2, 0.25) is 5.91 Å². The van der Waals surface area contributed by atoms with Crippen LogP contribution >= 0.6 is 23.2 Å². The highest BCUT2D eigenvalue weighted by molar-refractivity contribution is 6.32. The molecule has 2 saturated heterocycles. The third kappa shape index (κ3) is 5.57. The van der Waals surface area contributed by atoms with Crippen molar-refractivity contribution in [3.05, 3.63) is 52.0 Å². The number of anilines is 1. The highest BCUT2D eigenvalue weighted by atomic mass is 35.5. The molecule has 1 unspecified atom stereocenters. The first-order valence-corrected chi connectivity index (χ1v) is 14.3. The molecule has 4 heterocycles. The van der Waals surface area contributed by atoms with Crippen LogP contribution in [0.25, 0.3) is 10.9 Å². The summed E-state index contributed by atoms with van der Waals surface area (Å²) in [5.74, 6) is 0.905. The first-order chi connectivity index (χ1) is 19.0. The number of carbonyl (C=O) groups excluding carboxylic acids is 2. The number of nitrogens with zero attached hydrogens (tertiary/aromatic N) is 5. The monoisotopic (exact) mass is 586 g/mol. The van der Waals surface area contributed by atoms with Crippen molar-refractivity contribution >= 4 is 51.7 Å². The number of nitrogens with one attached hydrogen (secondary N) is 3. The lowest BCUT2D eigenvalue weighted by atomic mass is 9.86. The van der Waals surface area contributed by atoms with Gasteiger partial charge in [-0.25, -0.2) is 4.98 Å². The second-order valence-electron chi connectivity index (χ2n) is 11.8. The van der Waals surface area contributed by atoms with Crippen molar-refractivity contribution < 1.29 is 9.59 Å². The Morgan fingerprint density at radius 2 is 1.98 bits per heavy atom. The molecule has 2 aromatic heterocycles. The van der Waals surface area contributed by atoms with Gasteiger partial charge in [-0.3, -0.25) is 14.7 Å². The highest BCUT2D eigenvalue weighted by Crippen LogP contribution is 2.35. The van der Waals surface area contributed by atoms with E-state index in [1.807, 2.05) is 10.6 Å². The maximum Gasteiger partial charge on any atom is 0.271 e. The molecule has 3 aromatic rings. The fraction of sp³-hybridized carbons (Fsp3) is 0.500. The van der Waals surface area contributed by atoms with Crippen LogP contribution in [0.1, 0.15) is 61.5 Å². The van der Waals surface area contributed by atoms with E-state index in [1.165, 1.54) is 6.08 Å². The van der Waals surface area contributed by atoms with Gasteiger partial charge in [0.15, 0.2) is 11.0 Å². The summed E-state index contributed by atoms with van der Waals surface area (Å²) < 4.78 is 1.98. The number of hydrogen-bond donors (Lipinski definition) is 3. The smallest absolute Gasteiger partial charge is 0.271 e. The number of benzene rings is 1. The number of rotatable bonds is 7. The largest absolute Gasteiger partial charge is 0.361 e. The molecule has 0 bridgehead atoms. The molecule has 0 spiro atoms. The fourth-order valence-electron chi connectivity index (χ4n) is 5.56. The molecule has 0 radical (unpaired) electrons. The van der Waals surface area contributed by atoms with Crippen LogP contribution in [0.3, 0.4) is 0 Å². The number of likely N-dealkylation sites (N-methyl/N-ethyl adjacent to an activating group) is 1. The molecular weight excluding hydrogens is 551 g/mol.